The SMILES string of the molecule is COC(=O)C1CN(CCCc2c[nH]c3ccccc23)CCC1=O. The molecule has 5 heteroatoms. The van der Waals surface area contributed by atoms with E-state index < -0.39 is 11.9 Å². The van der Waals surface area contributed by atoms with Gasteiger partial charge < -0.3 is 14.6 Å². The van der Waals surface area contributed by atoms with Gasteiger partial charge >= 0.3 is 5.97 Å². The minimum Gasteiger partial charge on any atom is -0.468 e. The number of aromatic nitrogens is 1. The smallest absolute Gasteiger partial charge is 0.317 e. The van der Waals surface area contributed by atoms with Gasteiger partial charge in [-0.15, -0.1) is 0 Å². The molecule has 0 spiro atoms. The van der Waals surface area contributed by atoms with E-state index >= 15 is 0 Å². The highest BCUT2D eigenvalue weighted by molar-refractivity contribution is 5.99. The van der Waals surface area contributed by atoms with Crippen molar-refractivity contribution < 1.29 is 14.3 Å². The fourth-order valence-corrected chi connectivity index (χ4v) is 3.28. The van der Waals surface area contributed by atoms with Crippen LogP contribution in [-0.4, -0.2) is 48.4 Å². The molecule has 0 aliphatic carbocycles. The van der Waals surface area contributed by atoms with Crippen molar-refractivity contribution in [3.05, 3.63) is 36.0 Å². The summed E-state index contributed by atoms with van der Waals surface area (Å²) >= 11 is 0. The molecule has 1 fully saturated rings. The number of ketones is 1. The summed E-state index contributed by atoms with van der Waals surface area (Å²) < 4.78 is 4.73. The third kappa shape index (κ3) is 3.45. The van der Waals surface area contributed by atoms with E-state index in [9.17, 15) is 9.59 Å². The fraction of sp³-hybridized carbons (Fsp3) is 0.444. The van der Waals surface area contributed by atoms with Crippen LogP contribution in [-0.2, 0) is 20.7 Å². The Balaban J connectivity index is 1.54. The zero-order chi connectivity index (χ0) is 16.2. The first-order valence-electron chi connectivity index (χ1n) is 8.07. The Bertz CT molecular complexity index is 699. The summed E-state index contributed by atoms with van der Waals surface area (Å²) in [6, 6.07) is 8.29. The number of likely N-dealkylation sites (tertiary alicyclic amines) is 1. The maximum absolute atomic E-state index is 11.8. The Labute approximate surface area is 135 Å². The number of hydrogen-bond donors (Lipinski definition) is 1. The second-order valence-corrected chi connectivity index (χ2v) is 6.06. The Morgan fingerprint density at radius 2 is 2.22 bits per heavy atom. The molecule has 1 aliphatic heterocycles. The molecular formula is C18H22N2O3. The molecule has 1 aromatic carbocycles. The van der Waals surface area contributed by atoms with Gasteiger partial charge in [0.05, 0.1) is 7.11 Å². The number of rotatable bonds is 5. The molecule has 1 atom stereocenters. The average molecular weight is 314 g/mol. The zero-order valence-electron chi connectivity index (χ0n) is 13.4. The minimum absolute atomic E-state index is 0.00438. The van der Waals surface area contributed by atoms with Gasteiger partial charge in [0.25, 0.3) is 0 Å². The lowest BCUT2D eigenvalue weighted by Gasteiger charge is -2.30. The van der Waals surface area contributed by atoms with Crippen molar-refractivity contribution >= 4 is 22.7 Å². The second kappa shape index (κ2) is 6.96. The number of H-pyrrole nitrogens is 1. The standard InChI is InChI=1S/C18H22N2O3/c1-23-18(22)15-12-20(10-8-17(15)21)9-4-5-13-11-19-16-7-3-2-6-14(13)16/h2-3,6-7,11,15,19H,4-5,8-10,12H2,1H3. The van der Waals surface area contributed by atoms with E-state index in [1.165, 1.54) is 18.1 Å². The summed E-state index contributed by atoms with van der Waals surface area (Å²) in [6.07, 6.45) is 4.50. The van der Waals surface area contributed by atoms with Gasteiger partial charge in [-0.3, -0.25) is 9.59 Å². The van der Waals surface area contributed by atoms with Gasteiger partial charge in [0.1, 0.15) is 11.7 Å². The van der Waals surface area contributed by atoms with Crippen molar-refractivity contribution in [2.24, 2.45) is 5.92 Å². The summed E-state index contributed by atoms with van der Waals surface area (Å²) in [6.45, 7) is 2.11. The highest BCUT2D eigenvalue weighted by Crippen LogP contribution is 2.20. The number of carbonyl (C=O) groups excluding carboxylic acids is 2. The van der Waals surface area contributed by atoms with Crippen LogP contribution in [0.4, 0.5) is 0 Å². The van der Waals surface area contributed by atoms with Gasteiger partial charge in [-0.05, 0) is 31.0 Å². The van der Waals surface area contributed by atoms with E-state index in [-0.39, 0.29) is 5.78 Å². The van der Waals surface area contributed by atoms with Crippen molar-refractivity contribution in [2.75, 3.05) is 26.7 Å². The number of carbonyl (C=O) groups is 2. The molecule has 1 N–H and O–H groups in total. The maximum Gasteiger partial charge on any atom is 0.317 e. The van der Waals surface area contributed by atoms with Crippen LogP contribution in [0.15, 0.2) is 30.5 Å². The number of nitrogens with one attached hydrogen (secondary N) is 1. The molecule has 5 nitrogen and oxygen atoms in total. The van der Waals surface area contributed by atoms with Crippen molar-refractivity contribution in [2.45, 2.75) is 19.3 Å². The number of ether oxygens (including phenoxy) is 1. The van der Waals surface area contributed by atoms with Gasteiger partial charge in [0, 0.05) is 36.6 Å². The molecule has 1 aromatic heterocycles. The van der Waals surface area contributed by atoms with Crippen LogP contribution in [0.25, 0.3) is 10.9 Å². The van der Waals surface area contributed by atoms with E-state index in [1.54, 1.807) is 0 Å². The highest BCUT2D eigenvalue weighted by atomic mass is 16.5. The number of aromatic amines is 1. The van der Waals surface area contributed by atoms with E-state index in [2.05, 4.69) is 34.3 Å². The lowest BCUT2D eigenvalue weighted by Crippen LogP contribution is -2.45. The van der Waals surface area contributed by atoms with E-state index in [0.717, 1.165) is 31.4 Å². The third-order valence-corrected chi connectivity index (χ3v) is 4.58. The van der Waals surface area contributed by atoms with Gasteiger partial charge in [-0.25, -0.2) is 0 Å². The molecule has 0 amide bonds. The molecule has 3 rings (SSSR count). The van der Waals surface area contributed by atoms with Crippen LogP contribution in [0, 0.1) is 5.92 Å². The molecule has 23 heavy (non-hydrogen) atoms. The molecule has 1 unspecified atom stereocenters. The van der Waals surface area contributed by atoms with Crippen molar-refractivity contribution in [1.82, 2.24) is 9.88 Å². The predicted molar refractivity (Wildman–Crippen MR) is 88.2 cm³/mol. The molecule has 2 aromatic rings. The topological polar surface area (TPSA) is 62.4 Å². The first-order chi connectivity index (χ1) is 11.2. The summed E-state index contributed by atoms with van der Waals surface area (Å²) in [4.78, 5) is 29.0. The first-order valence-corrected chi connectivity index (χ1v) is 8.07. The van der Waals surface area contributed by atoms with Crippen LogP contribution in [0.5, 0.6) is 0 Å². The summed E-state index contributed by atoms with van der Waals surface area (Å²) in [5.74, 6) is -1.01. The predicted octanol–water partition coefficient (Wildman–Crippen LogP) is 2.16. The molecule has 0 saturated carbocycles. The number of para-hydroxylation sites is 1. The van der Waals surface area contributed by atoms with E-state index in [1.807, 2.05) is 6.07 Å². The molecule has 1 saturated heterocycles. The number of hydrogen-bond acceptors (Lipinski definition) is 4. The fourth-order valence-electron chi connectivity index (χ4n) is 3.28. The molecule has 0 bridgehead atoms. The number of benzene rings is 1. The number of nitrogens with zero attached hydrogens (tertiary/aromatic N) is 1. The average Bonchev–Trinajstić information content (AvgIpc) is 2.99. The lowest BCUT2D eigenvalue weighted by atomic mass is 9.96. The normalized spacial score (nSPS) is 19.2. The lowest BCUT2D eigenvalue weighted by molar-refractivity contribution is -0.151. The molecular weight excluding hydrogens is 292 g/mol. The van der Waals surface area contributed by atoms with E-state index in [0.29, 0.717) is 13.0 Å². The number of piperidine rings is 1. The second-order valence-electron chi connectivity index (χ2n) is 6.06. The monoisotopic (exact) mass is 314 g/mol. The molecule has 1 aliphatic rings. The Morgan fingerprint density at radius 1 is 1.39 bits per heavy atom. The zero-order valence-corrected chi connectivity index (χ0v) is 13.4. The number of Topliss-reactive ketones (excluding diaryl/α,β-unsaturated/α-hetero) is 1. The number of aryl methyl sites for hydroxylation is 1. The quantitative estimate of drug-likeness (QED) is 0.678. The molecule has 0 radical (unpaired) electrons. The Hall–Kier alpha value is -2.14. The highest BCUT2D eigenvalue weighted by Gasteiger charge is 2.33. The largest absolute Gasteiger partial charge is 0.468 e. The molecule has 122 valence electrons. The van der Waals surface area contributed by atoms with Gasteiger partial charge in [-0.1, -0.05) is 18.2 Å². The molecule has 2 heterocycles. The first kappa shape index (κ1) is 15.7. The summed E-state index contributed by atoms with van der Waals surface area (Å²) in [5, 5.41) is 1.27. The van der Waals surface area contributed by atoms with Crippen molar-refractivity contribution in [1.29, 1.82) is 0 Å². The Kier molecular flexibility index (Phi) is 4.76. The minimum atomic E-state index is -0.609. The maximum atomic E-state index is 11.8. The van der Waals surface area contributed by atoms with Crippen molar-refractivity contribution in [3.8, 4) is 0 Å². The number of methoxy groups -OCH3 is 1. The number of esters is 1. The van der Waals surface area contributed by atoms with Crippen LogP contribution in [0.3, 0.4) is 0 Å². The third-order valence-electron chi connectivity index (χ3n) is 4.58. The number of fused-ring (bicyclic) bond motifs is 1. The van der Waals surface area contributed by atoms with Gasteiger partial charge in [0.2, 0.25) is 0 Å². The summed E-state index contributed by atoms with van der Waals surface area (Å²) in [5.41, 5.74) is 2.48. The van der Waals surface area contributed by atoms with E-state index in [4.69, 9.17) is 4.74 Å². The van der Waals surface area contributed by atoms with Crippen LogP contribution in [0.2, 0.25) is 0 Å². The van der Waals surface area contributed by atoms with Gasteiger partial charge in [-0.2, -0.15) is 0 Å². The van der Waals surface area contributed by atoms with Crippen LogP contribution >= 0.6 is 0 Å². The summed E-state index contributed by atoms with van der Waals surface area (Å²) in [7, 11) is 1.34. The van der Waals surface area contributed by atoms with Crippen LogP contribution < -0.4 is 0 Å². The van der Waals surface area contributed by atoms with Gasteiger partial charge in [0.15, 0.2) is 0 Å². The van der Waals surface area contributed by atoms with Crippen molar-refractivity contribution in [3.63, 3.8) is 0 Å². The Morgan fingerprint density at radius 3 is 3.04 bits per heavy atom. The van der Waals surface area contributed by atoms with Crippen LogP contribution in [0.1, 0.15) is 18.4 Å².